The Hall–Kier alpha value is -0.570. The number of aromatic nitrogens is 2. The zero-order chi connectivity index (χ0) is 7.84. The van der Waals surface area contributed by atoms with Crippen molar-refractivity contribution in [2.75, 3.05) is 5.75 Å². The molecule has 0 aromatic carbocycles. The summed E-state index contributed by atoms with van der Waals surface area (Å²) in [6, 6.07) is 0. The van der Waals surface area contributed by atoms with Gasteiger partial charge in [-0.25, -0.2) is 9.97 Å². The summed E-state index contributed by atoms with van der Waals surface area (Å²) in [6.07, 6.45) is 1.12. The standard InChI is InChI=1S/C8H10N2S/c1-5-8-7(3-4-11-8)10-6(2)9-5/h3-4H2,1-2H3. The molecule has 2 heterocycles. The van der Waals surface area contributed by atoms with Crippen molar-refractivity contribution in [3.8, 4) is 0 Å². The third-order valence-corrected chi connectivity index (χ3v) is 3.03. The van der Waals surface area contributed by atoms with Crippen LogP contribution in [0.15, 0.2) is 4.90 Å². The monoisotopic (exact) mass is 166 g/mol. The molecule has 0 spiro atoms. The molecule has 0 unspecified atom stereocenters. The van der Waals surface area contributed by atoms with Crippen molar-refractivity contribution in [2.45, 2.75) is 25.2 Å². The van der Waals surface area contributed by atoms with Crippen molar-refractivity contribution in [2.24, 2.45) is 0 Å². The van der Waals surface area contributed by atoms with Gasteiger partial charge in [-0.15, -0.1) is 11.8 Å². The largest absolute Gasteiger partial charge is 0.237 e. The Kier molecular flexibility index (Phi) is 1.60. The Bertz CT molecular complexity index is 296. The SMILES string of the molecule is Cc1nc(C)c2c(n1)CCS2. The van der Waals surface area contributed by atoms with E-state index >= 15 is 0 Å². The van der Waals surface area contributed by atoms with Crippen molar-refractivity contribution < 1.29 is 0 Å². The molecule has 1 aromatic heterocycles. The molecule has 0 fully saturated rings. The molecule has 0 aliphatic carbocycles. The molecule has 58 valence electrons. The number of aryl methyl sites for hydroxylation is 3. The van der Waals surface area contributed by atoms with Crippen molar-refractivity contribution in [1.29, 1.82) is 0 Å². The second-order valence-corrected chi connectivity index (χ2v) is 3.84. The molecular weight excluding hydrogens is 156 g/mol. The van der Waals surface area contributed by atoms with Crippen LogP contribution in [0.25, 0.3) is 0 Å². The maximum Gasteiger partial charge on any atom is 0.125 e. The van der Waals surface area contributed by atoms with E-state index in [4.69, 9.17) is 0 Å². The van der Waals surface area contributed by atoms with Crippen LogP contribution in [-0.4, -0.2) is 15.7 Å². The van der Waals surface area contributed by atoms with E-state index in [1.54, 1.807) is 0 Å². The number of hydrogen-bond acceptors (Lipinski definition) is 3. The van der Waals surface area contributed by atoms with Crippen LogP contribution in [0.1, 0.15) is 17.2 Å². The lowest BCUT2D eigenvalue weighted by molar-refractivity contribution is 0.894. The second kappa shape index (κ2) is 2.48. The summed E-state index contributed by atoms with van der Waals surface area (Å²) < 4.78 is 0. The van der Waals surface area contributed by atoms with Crippen LogP contribution in [-0.2, 0) is 6.42 Å². The first-order chi connectivity index (χ1) is 5.27. The van der Waals surface area contributed by atoms with Crippen LogP contribution in [0.2, 0.25) is 0 Å². The molecular formula is C8H10N2S. The minimum atomic E-state index is 0.906. The molecule has 0 saturated heterocycles. The molecule has 1 aromatic rings. The fraction of sp³-hybridized carbons (Fsp3) is 0.500. The minimum Gasteiger partial charge on any atom is -0.237 e. The molecule has 1 aliphatic rings. The molecule has 11 heavy (non-hydrogen) atoms. The second-order valence-electron chi connectivity index (χ2n) is 2.73. The minimum absolute atomic E-state index is 0.906. The van der Waals surface area contributed by atoms with E-state index in [1.165, 1.54) is 16.3 Å². The molecule has 0 N–H and O–H groups in total. The first-order valence-electron chi connectivity index (χ1n) is 3.74. The number of thioether (sulfide) groups is 1. The van der Waals surface area contributed by atoms with Crippen molar-refractivity contribution in [3.05, 3.63) is 17.2 Å². The van der Waals surface area contributed by atoms with Gasteiger partial charge in [-0.1, -0.05) is 0 Å². The van der Waals surface area contributed by atoms with E-state index in [2.05, 4.69) is 16.9 Å². The lowest BCUT2D eigenvalue weighted by Crippen LogP contribution is -1.96. The van der Waals surface area contributed by atoms with Crippen LogP contribution >= 0.6 is 11.8 Å². The van der Waals surface area contributed by atoms with Gasteiger partial charge in [0.15, 0.2) is 0 Å². The number of fused-ring (bicyclic) bond motifs is 1. The summed E-state index contributed by atoms with van der Waals surface area (Å²) in [7, 11) is 0. The van der Waals surface area contributed by atoms with Gasteiger partial charge in [0.2, 0.25) is 0 Å². The van der Waals surface area contributed by atoms with Gasteiger partial charge >= 0.3 is 0 Å². The zero-order valence-electron chi connectivity index (χ0n) is 6.72. The highest BCUT2D eigenvalue weighted by Crippen LogP contribution is 2.31. The first-order valence-corrected chi connectivity index (χ1v) is 4.73. The topological polar surface area (TPSA) is 25.8 Å². The molecule has 0 saturated carbocycles. The fourth-order valence-electron chi connectivity index (χ4n) is 1.38. The zero-order valence-corrected chi connectivity index (χ0v) is 7.53. The van der Waals surface area contributed by atoms with Crippen molar-refractivity contribution >= 4 is 11.8 Å². The Morgan fingerprint density at radius 2 is 2.09 bits per heavy atom. The highest BCUT2D eigenvalue weighted by atomic mass is 32.2. The summed E-state index contributed by atoms with van der Waals surface area (Å²) in [6.45, 7) is 4.02. The average Bonchev–Trinajstić information content (AvgIpc) is 2.34. The Morgan fingerprint density at radius 1 is 1.27 bits per heavy atom. The molecule has 2 nitrogen and oxygen atoms in total. The van der Waals surface area contributed by atoms with Crippen LogP contribution in [0.3, 0.4) is 0 Å². The van der Waals surface area contributed by atoms with E-state index in [0.29, 0.717) is 0 Å². The number of rotatable bonds is 0. The average molecular weight is 166 g/mol. The van der Waals surface area contributed by atoms with Crippen molar-refractivity contribution in [1.82, 2.24) is 9.97 Å². The molecule has 0 radical (unpaired) electrons. The smallest absolute Gasteiger partial charge is 0.125 e. The molecule has 0 amide bonds. The maximum absolute atomic E-state index is 4.38. The van der Waals surface area contributed by atoms with E-state index in [1.807, 2.05) is 18.7 Å². The number of nitrogens with zero attached hydrogens (tertiary/aromatic N) is 2. The highest BCUT2D eigenvalue weighted by Gasteiger charge is 2.15. The summed E-state index contributed by atoms with van der Waals surface area (Å²) in [5.74, 6) is 2.08. The summed E-state index contributed by atoms with van der Waals surface area (Å²) >= 11 is 1.88. The van der Waals surface area contributed by atoms with Gasteiger partial charge in [0.25, 0.3) is 0 Å². The first kappa shape index (κ1) is 7.10. The van der Waals surface area contributed by atoms with E-state index < -0.39 is 0 Å². The van der Waals surface area contributed by atoms with Gasteiger partial charge in [0.05, 0.1) is 16.3 Å². The Labute approximate surface area is 70.4 Å². The summed E-state index contributed by atoms with van der Waals surface area (Å²) in [5.41, 5.74) is 2.40. The van der Waals surface area contributed by atoms with Gasteiger partial charge < -0.3 is 0 Å². The lowest BCUT2D eigenvalue weighted by atomic mass is 10.3. The van der Waals surface area contributed by atoms with Gasteiger partial charge in [-0.3, -0.25) is 0 Å². The van der Waals surface area contributed by atoms with E-state index in [0.717, 1.165) is 17.9 Å². The lowest BCUT2D eigenvalue weighted by Gasteiger charge is -2.01. The van der Waals surface area contributed by atoms with E-state index in [9.17, 15) is 0 Å². The number of hydrogen-bond donors (Lipinski definition) is 0. The van der Waals surface area contributed by atoms with Crippen LogP contribution < -0.4 is 0 Å². The van der Waals surface area contributed by atoms with Crippen LogP contribution in [0.4, 0.5) is 0 Å². The quantitative estimate of drug-likeness (QED) is 0.587. The summed E-state index contributed by atoms with van der Waals surface area (Å²) in [5, 5.41) is 0. The third-order valence-electron chi connectivity index (χ3n) is 1.80. The van der Waals surface area contributed by atoms with Gasteiger partial charge in [0, 0.05) is 12.2 Å². The Balaban J connectivity index is 2.60. The Morgan fingerprint density at radius 3 is 2.91 bits per heavy atom. The molecule has 0 atom stereocenters. The van der Waals surface area contributed by atoms with E-state index in [-0.39, 0.29) is 0 Å². The van der Waals surface area contributed by atoms with Gasteiger partial charge in [-0.05, 0) is 13.8 Å². The molecule has 2 rings (SSSR count). The molecule has 1 aliphatic heterocycles. The third kappa shape index (κ3) is 1.13. The predicted molar refractivity (Wildman–Crippen MR) is 45.9 cm³/mol. The summed E-state index contributed by atoms with van der Waals surface area (Å²) in [4.78, 5) is 10.0. The fourth-order valence-corrected chi connectivity index (χ4v) is 2.45. The maximum atomic E-state index is 4.38. The highest BCUT2D eigenvalue weighted by molar-refractivity contribution is 7.99. The molecule has 3 heteroatoms. The predicted octanol–water partition coefficient (Wildman–Crippen LogP) is 1.74. The van der Waals surface area contributed by atoms with Gasteiger partial charge in [-0.2, -0.15) is 0 Å². The van der Waals surface area contributed by atoms with Crippen molar-refractivity contribution in [3.63, 3.8) is 0 Å². The van der Waals surface area contributed by atoms with Gasteiger partial charge in [0.1, 0.15) is 5.82 Å². The molecule has 0 bridgehead atoms. The normalized spacial score (nSPS) is 15.1. The van der Waals surface area contributed by atoms with Crippen LogP contribution in [0.5, 0.6) is 0 Å². The van der Waals surface area contributed by atoms with Crippen LogP contribution in [0, 0.1) is 13.8 Å².